The first-order valence-electron chi connectivity index (χ1n) is 8.42. The van der Waals surface area contributed by atoms with Crippen LogP contribution in [-0.2, 0) is 6.18 Å². The molecule has 0 amide bonds. The Hall–Kier alpha value is -3.19. The van der Waals surface area contributed by atoms with Crippen LogP contribution >= 0.6 is 11.3 Å². The van der Waals surface area contributed by atoms with Crippen molar-refractivity contribution in [3.05, 3.63) is 84.7 Å². The molecule has 1 N–H and O–H groups in total. The summed E-state index contributed by atoms with van der Waals surface area (Å²) < 4.78 is 40.4. The lowest BCUT2D eigenvalue weighted by molar-refractivity contribution is -0.137. The van der Waals surface area contributed by atoms with Gasteiger partial charge in [0.2, 0.25) is 0 Å². The normalized spacial score (nSPS) is 11.4. The fourth-order valence-corrected chi connectivity index (χ4v) is 3.72. The second kappa shape index (κ2) is 7.44. The van der Waals surface area contributed by atoms with Crippen molar-refractivity contribution < 1.29 is 13.2 Å². The number of nitrogens with zero attached hydrogens (tertiary/aromatic N) is 2. The molecule has 7 heteroatoms. The number of para-hydroxylation sites is 1. The second-order valence-electron chi connectivity index (χ2n) is 5.96. The molecular formula is C21H14F3N3S. The maximum absolute atomic E-state index is 13.5. The molecule has 0 aliphatic heterocycles. The van der Waals surface area contributed by atoms with Gasteiger partial charge in [0, 0.05) is 29.2 Å². The van der Waals surface area contributed by atoms with Crippen molar-refractivity contribution in [2.24, 2.45) is 0 Å². The zero-order valence-corrected chi connectivity index (χ0v) is 15.3. The van der Waals surface area contributed by atoms with Gasteiger partial charge in [-0.2, -0.15) is 13.2 Å². The third kappa shape index (κ3) is 3.75. The van der Waals surface area contributed by atoms with Crippen LogP contribution in [0.15, 0.2) is 79.1 Å². The van der Waals surface area contributed by atoms with E-state index in [0.717, 1.165) is 16.6 Å². The molecule has 2 aromatic carbocycles. The highest BCUT2D eigenvalue weighted by Gasteiger charge is 2.34. The van der Waals surface area contributed by atoms with Crippen LogP contribution in [0.5, 0.6) is 0 Å². The van der Waals surface area contributed by atoms with E-state index in [2.05, 4.69) is 15.3 Å². The van der Waals surface area contributed by atoms with Crippen LogP contribution in [0.1, 0.15) is 5.56 Å². The molecule has 0 spiro atoms. The number of rotatable bonds is 4. The number of hydrogen-bond donors (Lipinski definition) is 1. The van der Waals surface area contributed by atoms with Crippen LogP contribution in [0.3, 0.4) is 0 Å². The Kier molecular flexibility index (Phi) is 4.83. The maximum Gasteiger partial charge on any atom is 0.417 e. The zero-order chi connectivity index (χ0) is 19.6. The Labute approximate surface area is 163 Å². The van der Waals surface area contributed by atoms with Crippen molar-refractivity contribution >= 4 is 22.2 Å². The molecule has 2 aromatic heterocycles. The molecule has 140 valence electrons. The molecule has 0 aliphatic rings. The minimum absolute atomic E-state index is 0.0524. The molecule has 0 unspecified atom stereocenters. The van der Waals surface area contributed by atoms with Crippen LogP contribution in [0.4, 0.5) is 24.0 Å². The van der Waals surface area contributed by atoms with Gasteiger partial charge in [-0.1, -0.05) is 47.7 Å². The van der Waals surface area contributed by atoms with E-state index >= 15 is 0 Å². The van der Waals surface area contributed by atoms with E-state index in [4.69, 9.17) is 0 Å². The quantitative estimate of drug-likeness (QED) is 0.420. The summed E-state index contributed by atoms with van der Waals surface area (Å²) in [5.41, 5.74) is 1.12. The van der Waals surface area contributed by atoms with Gasteiger partial charge in [0.1, 0.15) is 0 Å². The number of anilines is 2. The number of nitrogens with one attached hydrogen (secondary N) is 1. The second-order valence-corrected chi connectivity index (χ2v) is 6.99. The van der Waals surface area contributed by atoms with Crippen molar-refractivity contribution in [2.75, 3.05) is 5.32 Å². The highest BCUT2D eigenvalue weighted by molar-refractivity contribution is 7.19. The summed E-state index contributed by atoms with van der Waals surface area (Å²) >= 11 is 1.36. The van der Waals surface area contributed by atoms with Gasteiger partial charge in [0.05, 0.1) is 16.1 Å². The van der Waals surface area contributed by atoms with Crippen molar-refractivity contribution in [3.63, 3.8) is 0 Å². The third-order valence-electron chi connectivity index (χ3n) is 4.09. The van der Waals surface area contributed by atoms with Gasteiger partial charge in [-0.05, 0) is 30.3 Å². The van der Waals surface area contributed by atoms with E-state index in [0.29, 0.717) is 10.7 Å². The smallest absolute Gasteiger partial charge is 0.332 e. The fourth-order valence-electron chi connectivity index (χ4n) is 2.86. The summed E-state index contributed by atoms with van der Waals surface area (Å²) in [4.78, 5) is 9.34. The van der Waals surface area contributed by atoms with Crippen molar-refractivity contribution in [1.29, 1.82) is 0 Å². The Morgan fingerprint density at radius 3 is 2.29 bits per heavy atom. The lowest BCUT2D eigenvalue weighted by Crippen LogP contribution is -2.07. The molecule has 0 atom stereocenters. The lowest BCUT2D eigenvalue weighted by atomic mass is 9.99. The molecule has 0 aliphatic carbocycles. The number of halogens is 3. The first kappa shape index (κ1) is 18.2. The number of hydrogen-bond acceptors (Lipinski definition) is 4. The topological polar surface area (TPSA) is 37.8 Å². The van der Waals surface area contributed by atoms with Crippen LogP contribution in [0.2, 0.25) is 0 Å². The zero-order valence-electron chi connectivity index (χ0n) is 14.4. The van der Waals surface area contributed by atoms with E-state index in [9.17, 15) is 13.2 Å². The van der Waals surface area contributed by atoms with E-state index in [1.807, 2.05) is 30.3 Å². The molecule has 4 aromatic rings. The summed E-state index contributed by atoms with van der Waals surface area (Å²) in [6, 6.07) is 18.5. The van der Waals surface area contributed by atoms with Crippen LogP contribution in [0, 0.1) is 0 Å². The summed E-state index contributed by atoms with van der Waals surface area (Å²) in [7, 11) is 0. The van der Waals surface area contributed by atoms with E-state index in [1.165, 1.54) is 29.7 Å². The van der Waals surface area contributed by atoms with Crippen molar-refractivity contribution in [3.8, 4) is 21.7 Å². The van der Waals surface area contributed by atoms with Crippen LogP contribution in [-0.4, -0.2) is 9.97 Å². The summed E-state index contributed by atoms with van der Waals surface area (Å²) in [6.45, 7) is 0. The largest absolute Gasteiger partial charge is 0.417 e. The molecule has 28 heavy (non-hydrogen) atoms. The summed E-state index contributed by atoms with van der Waals surface area (Å²) in [5, 5.41) is 3.85. The van der Waals surface area contributed by atoms with Crippen LogP contribution < -0.4 is 5.32 Å². The first-order valence-corrected chi connectivity index (χ1v) is 9.24. The molecule has 2 heterocycles. The highest BCUT2D eigenvalue weighted by Crippen LogP contribution is 2.41. The van der Waals surface area contributed by atoms with Gasteiger partial charge >= 0.3 is 6.18 Å². The highest BCUT2D eigenvalue weighted by atomic mass is 32.1. The SMILES string of the molecule is FC(F)(F)c1ccccc1-c1ncccc1-c1cnc(Nc2ccccc2)s1. The predicted molar refractivity (Wildman–Crippen MR) is 106 cm³/mol. The average molecular weight is 397 g/mol. The monoisotopic (exact) mass is 397 g/mol. The Balaban J connectivity index is 1.75. The number of aromatic nitrogens is 2. The Bertz CT molecular complexity index is 1090. The minimum atomic E-state index is -4.46. The molecule has 0 fully saturated rings. The molecule has 0 radical (unpaired) electrons. The van der Waals surface area contributed by atoms with Gasteiger partial charge in [0.25, 0.3) is 0 Å². The average Bonchev–Trinajstić information content (AvgIpc) is 3.16. The van der Waals surface area contributed by atoms with Gasteiger partial charge in [0.15, 0.2) is 5.13 Å². The summed E-state index contributed by atoms with van der Waals surface area (Å²) in [5.74, 6) is 0. The minimum Gasteiger partial charge on any atom is -0.332 e. The Morgan fingerprint density at radius 2 is 1.50 bits per heavy atom. The molecule has 0 saturated heterocycles. The predicted octanol–water partition coefficient (Wildman–Crippen LogP) is 6.63. The first-order chi connectivity index (χ1) is 13.5. The third-order valence-corrected chi connectivity index (χ3v) is 5.04. The van der Waals surface area contributed by atoms with Crippen molar-refractivity contribution in [1.82, 2.24) is 9.97 Å². The molecular weight excluding hydrogens is 383 g/mol. The standard InChI is InChI=1S/C21H14F3N3S/c22-21(23,24)17-11-5-4-9-15(17)19-16(10-6-12-25-19)18-13-26-20(28-18)27-14-7-2-1-3-8-14/h1-13H,(H,26,27). The lowest BCUT2D eigenvalue weighted by Gasteiger charge is -2.14. The van der Waals surface area contributed by atoms with E-state index in [1.54, 1.807) is 24.4 Å². The molecule has 4 rings (SSSR count). The maximum atomic E-state index is 13.5. The fraction of sp³-hybridized carbons (Fsp3) is 0.0476. The molecule has 0 bridgehead atoms. The molecule has 0 saturated carbocycles. The number of alkyl halides is 3. The summed E-state index contributed by atoms with van der Waals surface area (Å²) in [6.07, 6.45) is -1.32. The molecule has 3 nitrogen and oxygen atoms in total. The Morgan fingerprint density at radius 1 is 0.786 bits per heavy atom. The van der Waals surface area contributed by atoms with Gasteiger partial charge < -0.3 is 5.32 Å². The number of benzene rings is 2. The van der Waals surface area contributed by atoms with Crippen molar-refractivity contribution in [2.45, 2.75) is 6.18 Å². The van der Waals surface area contributed by atoms with E-state index in [-0.39, 0.29) is 11.3 Å². The number of thiazole rings is 1. The van der Waals surface area contributed by atoms with E-state index < -0.39 is 11.7 Å². The van der Waals surface area contributed by atoms with Gasteiger partial charge in [-0.25, -0.2) is 4.98 Å². The van der Waals surface area contributed by atoms with Gasteiger partial charge in [-0.3, -0.25) is 4.98 Å². The number of pyridine rings is 1. The van der Waals surface area contributed by atoms with Crippen LogP contribution in [0.25, 0.3) is 21.7 Å². The van der Waals surface area contributed by atoms with Gasteiger partial charge in [-0.15, -0.1) is 0 Å².